The molecule has 0 radical (unpaired) electrons. The van der Waals surface area contributed by atoms with E-state index in [1.54, 1.807) is 0 Å². The van der Waals surface area contributed by atoms with Crippen LogP contribution in [0.5, 0.6) is 0 Å². The first-order valence-corrected chi connectivity index (χ1v) is 4.98. The predicted molar refractivity (Wildman–Crippen MR) is 50.9 cm³/mol. The van der Waals surface area contributed by atoms with Crippen molar-refractivity contribution >= 4 is 5.91 Å². The van der Waals surface area contributed by atoms with Crippen LogP contribution >= 0.6 is 0 Å². The van der Waals surface area contributed by atoms with Gasteiger partial charge in [0, 0.05) is 0 Å². The van der Waals surface area contributed by atoms with E-state index in [-0.39, 0.29) is 0 Å². The fourth-order valence-electron chi connectivity index (χ4n) is 2.03. The van der Waals surface area contributed by atoms with Crippen LogP contribution in [0.15, 0.2) is 0 Å². The van der Waals surface area contributed by atoms with Crippen LogP contribution in [-0.2, 0) is 4.79 Å². The Morgan fingerprint density at radius 1 is 1.46 bits per heavy atom. The van der Waals surface area contributed by atoms with E-state index in [4.69, 9.17) is 5.73 Å². The van der Waals surface area contributed by atoms with E-state index in [2.05, 4.69) is 13.8 Å². The molecule has 0 atom stereocenters. The molecule has 0 unspecified atom stereocenters. The molecule has 1 aliphatic carbocycles. The quantitative estimate of drug-likeness (QED) is 0.675. The molecule has 13 heavy (non-hydrogen) atoms. The van der Waals surface area contributed by atoms with Gasteiger partial charge in [-0.05, 0) is 37.5 Å². The normalized spacial score (nSPS) is 34.9. The Morgan fingerprint density at radius 2 is 1.92 bits per heavy atom. The average molecular weight is 185 g/mol. The van der Waals surface area contributed by atoms with Crippen LogP contribution in [0, 0.1) is 11.8 Å². The zero-order valence-corrected chi connectivity index (χ0v) is 8.42. The summed E-state index contributed by atoms with van der Waals surface area (Å²) in [6, 6.07) is 0. The van der Waals surface area contributed by atoms with Gasteiger partial charge in [-0.15, -0.1) is 0 Å². The molecule has 1 amide bonds. The van der Waals surface area contributed by atoms with E-state index in [0.29, 0.717) is 24.7 Å². The Labute approximate surface area is 79.3 Å². The summed E-state index contributed by atoms with van der Waals surface area (Å²) in [7, 11) is 0. The second kappa shape index (κ2) is 3.66. The van der Waals surface area contributed by atoms with Gasteiger partial charge in [-0.2, -0.15) is 0 Å². The van der Waals surface area contributed by atoms with Crippen molar-refractivity contribution in [2.75, 3.05) is 0 Å². The fourth-order valence-corrected chi connectivity index (χ4v) is 2.03. The first-order chi connectivity index (χ1) is 5.96. The molecule has 1 saturated carbocycles. The lowest BCUT2D eigenvalue weighted by atomic mass is 9.74. The van der Waals surface area contributed by atoms with Crippen molar-refractivity contribution in [2.24, 2.45) is 17.6 Å². The molecular formula is C10H19NO2. The van der Waals surface area contributed by atoms with Crippen LogP contribution in [0.4, 0.5) is 0 Å². The minimum absolute atomic E-state index is 0.533. The van der Waals surface area contributed by atoms with Crippen molar-refractivity contribution < 1.29 is 9.90 Å². The molecule has 0 saturated heterocycles. The van der Waals surface area contributed by atoms with Crippen molar-refractivity contribution in [1.29, 1.82) is 0 Å². The summed E-state index contributed by atoms with van der Waals surface area (Å²) in [5.74, 6) is 0.715. The first kappa shape index (κ1) is 10.5. The Bertz CT molecular complexity index is 193. The summed E-state index contributed by atoms with van der Waals surface area (Å²) in [6.45, 7) is 4.36. The standard InChI is InChI=1S/C10H19NO2/c1-7(2)8-3-5-10(13,6-4-8)9(11)12/h7-8,13H,3-6H2,1-2H3,(H2,11,12). The molecule has 3 N–H and O–H groups in total. The number of carbonyl (C=O) groups is 1. The van der Waals surface area contributed by atoms with Gasteiger partial charge in [-0.1, -0.05) is 13.8 Å². The van der Waals surface area contributed by atoms with E-state index in [1.165, 1.54) is 0 Å². The van der Waals surface area contributed by atoms with Crippen molar-refractivity contribution in [3.8, 4) is 0 Å². The number of rotatable bonds is 2. The minimum atomic E-state index is -1.22. The third-order valence-corrected chi connectivity index (χ3v) is 3.26. The SMILES string of the molecule is CC(C)C1CCC(O)(C(N)=O)CC1. The van der Waals surface area contributed by atoms with Gasteiger partial charge in [0.1, 0.15) is 5.60 Å². The summed E-state index contributed by atoms with van der Waals surface area (Å²) in [4.78, 5) is 10.9. The highest BCUT2D eigenvalue weighted by Gasteiger charge is 2.38. The van der Waals surface area contributed by atoms with Crippen molar-refractivity contribution in [2.45, 2.75) is 45.1 Å². The fraction of sp³-hybridized carbons (Fsp3) is 0.900. The third-order valence-electron chi connectivity index (χ3n) is 3.26. The van der Waals surface area contributed by atoms with Gasteiger partial charge in [-0.25, -0.2) is 0 Å². The molecular weight excluding hydrogens is 166 g/mol. The van der Waals surface area contributed by atoms with Crippen LogP contribution in [0.1, 0.15) is 39.5 Å². The molecule has 76 valence electrons. The molecule has 1 aliphatic rings. The van der Waals surface area contributed by atoms with E-state index >= 15 is 0 Å². The number of amides is 1. The summed E-state index contributed by atoms with van der Waals surface area (Å²) in [5.41, 5.74) is 3.92. The number of primary amides is 1. The van der Waals surface area contributed by atoms with Gasteiger partial charge in [0.05, 0.1) is 0 Å². The first-order valence-electron chi connectivity index (χ1n) is 4.98. The molecule has 3 nitrogen and oxygen atoms in total. The molecule has 1 rings (SSSR count). The molecule has 0 aromatic rings. The van der Waals surface area contributed by atoms with Crippen LogP contribution in [-0.4, -0.2) is 16.6 Å². The molecule has 0 bridgehead atoms. The van der Waals surface area contributed by atoms with E-state index in [9.17, 15) is 9.90 Å². The maximum absolute atomic E-state index is 10.9. The summed E-state index contributed by atoms with van der Waals surface area (Å²) >= 11 is 0. The Morgan fingerprint density at radius 3 is 2.23 bits per heavy atom. The maximum atomic E-state index is 10.9. The molecule has 0 spiro atoms. The van der Waals surface area contributed by atoms with Crippen molar-refractivity contribution in [3.63, 3.8) is 0 Å². The second-order valence-corrected chi connectivity index (χ2v) is 4.48. The van der Waals surface area contributed by atoms with Crippen LogP contribution < -0.4 is 5.73 Å². The Hall–Kier alpha value is -0.570. The van der Waals surface area contributed by atoms with Gasteiger partial charge in [0.2, 0.25) is 5.91 Å². The van der Waals surface area contributed by atoms with Crippen LogP contribution in [0.3, 0.4) is 0 Å². The Kier molecular flexibility index (Phi) is 2.96. The van der Waals surface area contributed by atoms with Gasteiger partial charge >= 0.3 is 0 Å². The highest BCUT2D eigenvalue weighted by molar-refractivity contribution is 5.83. The smallest absolute Gasteiger partial charge is 0.249 e. The van der Waals surface area contributed by atoms with Gasteiger partial charge in [0.15, 0.2) is 0 Å². The Balaban J connectivity index is 2.51. The molecule has 0 aromatic carbocycles. The number of hydrogen-bond acceptors (Lipinski definition) is 2. The monoisotopic (exact) mass is 185 g/mol. The number of nitrogens with two attached hydrogens (primary N) is 1. The summed E-state index contributed by atoms with van der Waals surface area (Å²) in [6.07, 6.45) is 2.89. The molecule has 0 aliphatic heterocycles. The van der Waals surface area contributed by atoms with Crippen LogP contribution in [0.2, 0.25) is 0 Å². The lowest BCUT2D eigenvalue weighted by molar-refractivity contribution is -0.140. The summed E-state index contributed by atoms with van der Waals surface area (Å²) in [5, 5.41) is 9.77. The minimum Gasteiger partial charge on any atom is -0.380 e. The van der Waals surface area contributed by atoms with Gasteiger partial charge in [-0.3, -0.25) is 4.79 Å². The average Bonchev–Trinajstić information content (AvgIpc) is 2.04. The van der Waals surface area contributed by atoms with E-state index in [0.717, 1.165) is 12.8 Å². The molecule has 1 fully saturated rings. The predicted octanol–water partition coefficient (Wildman–Crippen LogP) is 1.05. The highest BCUT2D eigenvalue weighted by atomic mass is 16.3. The third kappa shape index (κ3) is 2.21. The summed E-state index contributed by atoms with van der Waals surface area (Å²) < 4.78 is 0. The zero-order valence-electron chi connectivity index (χ0n) is 8.42. The number of carbonyl (C=O) groups excluding carboxylic acids is 1. The molecule has 3 heteroatoms. The molecule has 0 heterocycles. The van der Waals surface area contributed by atoms with Crippen molar-refractivity contribution in [1.82, 2.24) is 0 Å². The second-order valence-electron chi connectivity index (χ2n) is 4.48. The maximum Gasteiger partial charge on any atom is 0.249 e. The highest BCUT2D eigenvalue weighted by Crippen LogP contribution is 2.35. The van der Waals surface area contributed by atoms with Gasteiger partial charge in [0.25, 0.3) is 0 Å². The lowest BCUT2D eigenvalue weighted by Crippen LogP contribution is -2.46. The lowest BCUT2D eigenvalue weighted by Gasteiger charge is -2.35. The number of hydrogen-bond donors (Lipinski definition) is 2. The topological polar surface area (TPSA) is 63.3 Å². The van der Waals surface area contributed by atoms with E-state index in [1.807, 2.05) is 0 Å². The zero-order chi connectivity index (χ0) is 10.1. The van der Waals surface area contributed by atoms with Gasteiger partial charge < -0.3 is 10.8 Å². The molecule has 0 aromatic heterocycles. The largest absolute Gasteiger partial charge is 0.380 e. The van der Waals surface area contributed by atoms with Crippen molar-refractivity contribution in [3.05, 3.63) is 0 Å². The number of aliphatic hydroxyl groups is 1. The van der Waals surface area contributed by atoms with Crippen LogP contribution in [0.25, 0.3) is 0 Å². The van der Waals surface area contributed by atoms with E-state index < -0.39 is 11.5 Å².